The van der Waals surface area contributed by atoms with Crippen LogP contribution in [0.1, 0.15) is 25.7 Å². The summed E-state index contributed by atoms with van der Waals surface area (Å²) in [6, 6.07) is 5.93. The monoisotopic (exact) mass is 387 g/mol. The first-order chi connectivity index (χ1) is 12.8. The molecule has 1 aliphatic carbocycles. The van der Waals surface area contributed by atoms with Crippen molar-refractivity contribution in [3.05, 3.63) is 30.1 Å². The maximum absolute atomic E-state index is 13.0. The van der Waals surface area contributed by atoms with E-state index in [0.29, 0.717) is 25.9 Å². The van der Waals surface area contributed by atoms with E-state index in [2.05, 4.69) is 10.2 Å². The van der Waals surface area contributed by atoms with Gasteiger partial charge in [-0.3, -0.25) is 9.69 Å². The zero-order valence-electron chi connectivity index (χ0n) is 15.1. The summed E-state index contributed by atoms with van der Waals surface area (Å²) in [5, 5.41) is 2.78. The van der Waals surface area contributed by atoms with E-state index in [0.717, 1.165) is 18.8 Å². The number of rotatable bonds is 4. The van der Waals surface area contributed by atoms with Crippen molar-refractivity contribution < 1.29 is 22.4 Å². The Bertz CT molecular complexity index is 627. The molecule has 3 rings (SSSR count). The van der Waals surface area contributed by atoms with E-state index in [4.69, 9.17) is 0 Å². The van der Waals surface area contributed by atoms with Crippen molar-refractivity contribution in [1.82, 2.24) is 10.2 Å². The molecule has 0 bridgehead atoms. The number of piperazine rings is 1. The topological polar surface area (TPSA) is 35.6 Å². The van der Waals surface area contributed by atoms with Gasteiger partial charge in [-0.25, -0.2) is 4.39 Å². The summed E-state index contributed by atoms with van der Waals surface area (Å²) in [5.41, 5.74) is 0.945. The summed E-state index contributed by atoms with van der Waals surface area (Å²) >= 11 is 0. The molecule has 2 unspecified atom stereocenters. The van der Waals surface area contributed by atoms with Crippen molar-refractivity contribution in [3.63, 3.8) is 0 Å². The van der Waals surface area contributed by atoms with Crippen LogP contribution in [0.3, 0.4) is 0 Å². The Morgan fingerprint density at radius 1 is 1.07 bits per heavy atom. The predicted octanol–water partition coefficient (Wildman–Crippen LogP) is 3.19. The number of nitrogens with zero attached hydrogens (tertiary/aromatic N) is 2. The van der Waals surface area contributed by atoms with Crippen molar-refractivity contribution in [2.45, 2.75) is 37.9 Å². The first-order valence-electron chi connectivity index (χ1n) is 9.40. The van der Waals surface area contributed by atoms with Crippen molar-refractivity contribution in [2.75, 3.05) is 37.6 Å². The molecule has 0 aromatic heterocycles. The van der Waals surface area contributed by atoms with Gasteiger partial charge in [-0.2, -0.15) is 13.2 Å². The molecule has 1 heterocycles. The SMILES string of the molecule is O=C(CN1CCN(c2ccc(F)cc2)CC1)NC1CCCC(C(F)(F)F)C1. The number of carbonyl (C=O) groups excluding carboxylic acids is 1. The molecule has 2 aliphatic rings. The van der Waals surface area contributed by atoms with Crippen molar-refractivity contribution in [3.8, 4) is 0 Å². The minimum atomic E-state index is -4.18. The van der Waals surface area contributed by atoms with Crippen LogP contribution in [0.5, 0.6) is 0 Å². The van der Waals surface area contributed by atoms with Crippen molar-refractivity contribution in [2.24, 2.45) is 5.92 Å². The fourth-order valence-electron chi connectivity index (χ4n) is 3.91. The molecule has 27 heavy (non-hydrogen) atoms. The Hall–Kier alpha value is -1.83. The number of halogens is 4. The summed E-state index contributed by atoms with van der Waals surface area (Å²) in [6.07, 6.45) is -2.95. The van der Waals surface area contributed by atoms with Gasteiger partial charge in [0.25, 0.3) is 0 Å². The van der Waals surface area contributed by atoms with Gasteiger partial charge >= 0.3 is 6.18 Å². The maximum Gasteiger partial charge on any atom is 0.391 e. The summed E-state index contributed by atoms with van der Waals surface area (Å²) in [6.45, 7) is 3.00. The van der Waals surface area contributed by atoms with Crippen LogP contribution in [0.15, 0.2) is 24.3 Å². The molecule has 0 spiro atoms. The average molecular weight is 387 g/mol. The van der Waals surface area contributed by atoms with Crippen LogP contribution >= 0.6 is 0 Å². The number of alkyl halides is 3. The minimum Gasteiger partial charge on any atom is -0.369 e. The minimum absolute atomic E-state index is 0.0203. The second-order valence-electron chi connectivity index (χ2n) is 7.41. The highest BCUT2D eigenvalue weighted by Gasteiger charge is 2.42. The molecular weight excluding hydrogens is 362 g/mol. The van der Waals surface area contributed by atoms with Crippen LogP contribution in [-0.2, 0) is 4.79 Å². The van der Waals surface area contributed by atoms with E-state index in [9.17, 15) is 22.4 Å². The zero-order chi connectivity index (χ0) is 19.4. The molecule has 150 valence electrons. The van der Waals surface area contributed by atoms with Gasteiger partial charge in [-0.05, 0) is 43.5 Å². The lowest BCUT2D eigenvalue weighted by Crippen LogP contribution is -2.51. The van der Waals surface area contributed by atoms with Crippen LogP contribution in [0.25, 0.3) is 0 Å². The molecule has 4 nitrogen and oxygen atoms in total. The van der Waals surface area contributed by atoms with E-state index >= 15 is 0 Å². The quantitative estimate of drug-likeness (QED) is 0.806. The number of hydrogen-bond donors (Lipinski definition) is 1. The fraction of sp³-hybridized carbons (Fsp3) is 0.632. The Morgan fingerprint density at radius 2 is 1.74 bits per heavy atom. The van der Waals surface area contributed by atoms with Gasteiger partial charge < -0.3 is 10.2 Å². The first-order valence-corrected chi connectivity index (χ1v) is 9.40. The summed E-state index contributed by atoms with van der Waals surface area (Å²) in [7, 11) is 0. The predicted molar refractivity (Wildman–Crippen MR) is 95.0 cm³/mol. The molecule has 0 radical (unpaired) electrons. The van der Waals surface area contributed by atoms with Gasteiger partial charge in [0.1, 0.15) is 5.82 Å². The maximum atomic E-state index is 13.0. The van der Waals surface area contributed by atoms with E-state index < -0.39 is 18.1 Å². The smallest absolute Gasteiger partial charge is 0.369 e. The van der Waals surface area contributed by atoms with E-state index in [1.807, 2.05) is 4.90 Å². The Kier molecular flexibility index (Phi) is 6.24. The van der Waals surface area contributed by atoms with Crippen LogP contribution in [0.2, 0.25) is 0 Å². The number of amides is 1. The molecule has 1 aromatic rings. The van der Waals surface area contributed by atoms with Gasteiger partial charge in [0, 0.05) is 37.9 Å². The average Bonchev–Trinajstić information content (AvgIpc) is 2.62. The fourth-order valence-corrected chi connectivity index (χ4v) is 3.91. The molecule has 1 aliphatic heterocycles. The number of benzene rings is 1. The van der Waals surface area contributed by atoms with Crippen LogP contribution in [-0.4, -0.2) is 55.7 Å². The summed E-state index contributed by atoms with van der Waals surface area (Å²) in [4.78, 5) is 16.4. The molecule has 2 atom stereocenters. The van der Waals surface area contributed by atoms with Crippen LogP contribution in [0, 0.1) is 11.7 Å². The second-order valence-corrected chi connectivity index (χ2v) is 7.41. The largest absolute Gasteiger partial charge is 0.391 e. The Balaban J connectivity index is 1.42. The lowest BCUT2D eigenvalue weighted by atomic mass is 9.85. The third kappa shape index (κ3) is 5.57. The summed E-state index contributed by atoms with van der Waals surface area (Å²) in [5.74, 6) is -1.79. The van der Waals surface area contributed by atoms with Crippen LogP contribution < -0.4 is 10.2 Å². The lowest BCUT2D eigenvalue weighted by Gasteiger charge is -2.36. The highest BCUT2D eigenvalue weighted by Crippen LogP contribution is 2.37. The van der Waals surface area contributed by atoms with E-state index in [1.165, 1.54) is 12.1 Å². The van der Waals surface area contributed by atoms with Gasteiger partial charge in [-0.1, -0.05) is 6.42 Å². The van der Waals surface area contributed by atoms with Crippen molar-refractivity contribution in [1.29, 1.82) is 0 Å². The first kappa shape index (κ1) is 19.9. The highest BCUT2D eigenvalue weighted by atomic mass is 19.4. The normalized spacial score (nSPS) is 24.7. The molecular formula is C19H25F4N3O. The van der Waals surface area contributed by atoms with E-state index in [-0.39, 0.29) is 31.1 Å². The molecule has 1 amide bonds. The molecule has 1 saturated heterocycles. The zero-order valence-corrected chi connectivity index (χ0v) is 15.1. The lowest BCUT2D eigenvalue weighted by molar-refractivity contribution is -0.184. The number of hydrogen-bond acceptors (Lipinski definition) is 3. The molecule has 8 heteroatoms. The Labute approximate surface area is 156 Å². The van der Waals surface area contributed by atoms with Gasteiger partial charge in [0.2, 0.25) is 5.91 Å². The number of nitrogens with one attached hydrogen (secondary N) is 1. The van der Waals surface area contributed by atoms with Crippen LogP contribution in [0.4, 0.5) is 23.2 Å². The third-order valence-electron chi connectivity index (χ3n) is 5.43. The molecule has 1 aromatic carbocycles. The highest BCUT2D eigenvalue weighted by molar-refractivity contribution is 5.78. The molecule has 1 saturated carbocycles. The van der Waals surface area contributed by atoms with Crippen molar-refractivity contribution >= 4 is 11.6 Å². The van der Waals surface area contributed by atoms with E-state index in [1.54, 1.807) is 12.1 Å². The van der Waals surface area contributed by atoms with Gasteiger partial charge in [0.05, 0.1) is 12.5 Å². The number of anilines is 1. The molecule has 1 N–H and O–H groups in total. The second kappa shape index (κ2) is 8.46. The Morgan fingerprint density at radius 3 is 2.37 bits per heavy atom. The summed E-state index contributed by atoms with van der Waals surface area (Å²) < 4.78 is 51.6. The third-order valence-corrected chi connectivity index (χ3v) is 5.43. The standard InChI is InChI=1S/C19H25F4N3O/c20-15-4-6-17(7-5-15)26-10-8-25(9-11-26)13-18(27)24-16-3-1-2-14(12-16)19(21,22)23/h4-7,14,16H,1-3,8-13H2,(H,24,27). The van der Waals surface area contributed by atoms with Gasteiger partial charge in [-0.15, -0.1) is 0 Å². The number of carbonyl (C=O) groups is 1. The molecule has 2 fully saturated rings. The van der Waals surface area contributed by atoms with Gasteiger partial charge in [0.15, 0.2) is 0 Å².